The van der Waals surface area contributed by atoms with Crippen LogP contribution in [0.1, 0.15) is 42.4 Å². The van der Waals surface area contributed by atoms with E-state index >= 15 is 0 Å². The zero-order valence-corrected chi connectivity index (χ0v) is 15.5. The Hall–Kier alpha value is -3.67. The fourth-order valence-corrected chi connectivity index (χ4v) is 3.40. The van der Waals surface area contributed by atoms with Crippen LogP contribution in [0.5, 0.6) is 0 Å². The van der Waals surface area contributed by atoms with E-state index in [9.17, 15) is 14.4 Å². The predicted octanol–water partition coefficient (Wildman–Crippen LogP) is 3.80. The Morgan fingerprint density at radius 1 is 0.964 bits per heavy atom. The van der Waals surface area contributed by atoms with Gasteiger partial charge in [0.2, 0.25) is 0 Å². The lowest BCUT2D eigenvalue weighted by Crippen LogP contribution is -2.44. The maximum absolute atomic E-state index is 13.1. The predicted molar refractivity (Wildman–Crippen MR) is 103 cm³/mol. The topological polar surface area (TPSA) is 70.8 Å². The Bertz CT molecular complexity index is 1050. The monoisotopic (exact) mass is 374 g/mol. The zero-order valence-electron chi connectivity index (χ0n) is 15.5. The van der Waals surface area contributed by atoms with Gasteiger partial charge < -0.3 is 4.42 Å². The number of nitrogens with zero attached hydrogens (tertiary/aromatic N) is 2. The van der Waals surface area contributed by atoms with E-state index in [2.05, 4.69) is 0 Å². The van der Waals surface area contributed by atoms with Crippen molar-refractivity contribution in [3.05, 3.63) is 88.9 Å². The Morgan fingerprint density at radius 2 is 1.64 bits per heavy atom. The van der Waals surface area contributed by atoms with Crippen molar-refractivity contribution in [3.8, 4) is 0 Å². The molecule has 6 heteroatoms. The molecule has 0 saturated heterocycles. The summed E-state index contributed by atoms with van der Waals surface area (Å²) in [6, 6.07) is 15.5. The highest BCUT2D eigenvalue weighted by Crippen LogP contribution is 2.27. The molecule has 0 bridgehead atoms. The molecule has 0 fully saturated rings. The van der Waals surface area contributed by atoms with Gasteiger partial charge in [0, 0.05) is 5.69 Å². The molecule has 3 amide bonds. The zero-order chi connectivity index (χ0) is 19.8. The Balaban J connectivity index is 1.74. The van der Waals surface area contributed by atoms with Crippen LogP contribution < -0.4 is 4.90 Å². The molecule has 0 aliphatic carbocycles. The Morgan fingerprint density at radius 3 is 2.21 bits per heavy atom. The second kappa shape index (κ2) is 6.81. The summed E-state index contributed by atoms with van der Waals surface area (Å²) < 4.78 is 5.26. The molecule has 0 atom stereocenters. The van der Waals surface area contributed by atoms with E-state index in [1.54, 1.807) is 36.4 Å². The van der Waals surface area contributed by atoms with Crippen LogP contribution in [-0.4, -0.2) is 29.3 Å². The molecular weight excluding hydrogens is 356 g/mol. The second-order valence-corrected chi connectivity index (χ2v) is 6.73. The normalized spacial score (nSPS) is 13.0. The summed E-state index contributed by atoms with van der Waals surface area (Å²) in [6.07, 6.45) is 1.41. The van der Waals surface area contributed by atoms with E-state index in [4.69, 9.17) is 4.42 Å². The van der Waals surface area contributed by atoms with E-state index in [0.717, 1.165) is 16.0 Å². The highest BCUT2D eigenvalue weighted by molar-refractivity contribution is 6.21. The van der Waals surface area contributed by atoms with Crippen molar-refractivity contribution in [2.24, 2.45) is 0 Å². The molecule has 4 rings (SSSR count). The molecule has 0 N–H and O–H groups in total. The molecule has 0 saturated carbocycles. The minimum Gasteiger partial charge on any atom is -0.459 e. The molecule has 2 heterocycles. The number of furan rings is 1. The summed E-state index contributed by atoms with van der Waals surface area (Å²) in [5.74, 6) is -1.12. The fraction of sp³-hybridized carbons (Fsp3) is 0.136. The summed E-state index contributed by atoms with van der Waals surface area (Å²) in [6.45, 7) is 3.64. The lowest BCUT2D eigenvalue weighted by Gasteiger charge is -2.27. The van der Waals surface area contributed by atoms with E-state index < -0.39 is 17.7 Å². The summed E-state index contributed by atoms with van der Waals surface area (Å²) in [4.78, 5) is 41.1. The van der Waals surface area contributed by atoms with Gasteiger partial charge in [0.25, 0.3) is 17.7 Å². The average molecular weight is 374 g/mol. The molecule has 1 aliphatic rings. The molecule has 1 aliphatic heterocycles. The number of hydrogen-bond donors (Lipinski definition) is 0. The van der Waals surface area contributed by atoms with Crippen LogP contribution in [0.25, 0.3) is 0 Å². The van der Waals surface area contributed by atoms with Crippen LogP contribution in [0.15, 0.2) is 65.3 Å². The largest absolute Gasteiger partial charge is 0.459 e. The summed E-state index contributed by atoms with van der Waals surface area (Å²) >= 11 is 0. The van der Waals surface area contributed by atoms with E-state index in [0.29, 0.717) is 16.8 Å². The molecule has 28 heavy (non-hydrogen) atoms. The van der Waals surface area contributed by atoms with Crippen LogP contribution in [-0.2, 0) is 0 Å². The number of imide groups is 1. The first-order valence-corrected chi connectivity index (χ1v) is 8.85. The number of fused-ring (bicyclic) bond motifs is 1. The van der Waals surface area contributed by atoms with Gasteiger partial charge in [-0.3, -0.25) is 24.2 Å². The molecule has 140 valence electrons. The number of benzene rings is 2. The average Bonchev–Trinajstić information content (AvgIpc) is 3.30. The molecule has 3 aromatic rings. The molecule has 0 radical (unpaired) electrons. The summed E-state index contributed by atoms with van der Waals surface area (Å²) in [5, 5.41) is 0. The van der Waals surface area contributed by atoms with E-state index in [1.165, 1.54) is 11.2 Å². The number of anilines is 1. The maximum Gasteiger partial charge on any atom is 0.295 e. The second-order valence-electron chi connectivity index (χ2n) is 6.73. The minimum absolute atomic E-state index is 0.136. The standard InChI is InChI=1S/C22H18N2O4/c1-14-9-10-18(15(2)12-14)23(22(27)19-8-5-11-28-19)13-24-20(25)16-6-3-4-7-17(16)21(24)26/h3-12H,13H2,1-2H3. The van der Waals surface area contributed by atoms with Crippen LogP contribution >= 0.6 is 0 Å². The smallest absolute Gasteiger partial charge is 0.295 e. The number of carbonyl (C=O) groups excluding carboxylic acids is 3. The summed E-state index contributed by atoms with van der Waals surface area (Å²) in [5.41, 5.74) is 3.21. The van der Waals surface area contributed by atoms with Crippen LogP contribution in [0.2, 0.25) is 0 Å². The highest BCUT2D eigenvalue weighted by Gasteiger charge is 2.37. The molecule has 6 nitrogen and oxygen atoms in total. The first-order chi connectivity index (χ1) is 13.5. The van der Waals surface area contributed by atoms with Gasteiger partial charge in [-0.2, -0.15) is 0 Å². The number of carbonyl (C=O) groups is 3. The van der Waals surface area contributed by atoms with Crippen LogP contribution in [0.4, 0.5) is 5.69 Å². The van der Waals surface area contributed by atoms with Crippen LogP contribution in [0.3, 0.4) is 0 Å². The third-order valence-electron chi connectivity index (χ3n) is 4.78. The molecule has 1 aromatic heterocycles. The lowest BCUT2D eigenvalue weighted by molar-refractivity contribution is 0.0649. The van der Waals surface area contributed by atoms with Gasteiger partial charge in [-0.05, 0) is 49.7 Å². The third-order valence-corrected chi connectivity index (χ3v) is 4.78. The van der Waals surface area contributed by atoms with Crippen molar-refractivity contribution in [1.29, 1.82) is 0 Å². The van der Waals surface area contributed by atoms with Crippen molar-refractivity contribution in [2.45, 2.75) is 13.8 Å². The van der Waals surface area contributed by atoms with Crippen molar-refractivity contribution in [1.82, 2.24) is 4.90 Å². The lowest BCUT2D eigenvalue weighted by atomic mass is 10.1. The van der Waals surface area contributed by atoms with Gasteiger partial charge >= 0.3 is 0 Å². The highest BCUT2D eigenvalue weighted by atomic mass is 16.3. The molecule has 0 unspecified atom stereocenters. The number of hydrogen-bond acceptors (Lipinski definition) is 4. The molecule has 2 aromatic carbocycles. The quantitative estimate of drug-likeness (QED) is 0.652. The third kappa shape index (κ3) is 2.89. The number of amides is 3. The van der Waals surface area contributed by atoms with E-state index in [-0.39, 0.29) is 12.4 Å². The number of rotatable bonds is 4. The summed E-state index contributed by atoms with van der Waals surface area (Å²) in [7, 11) is 0. The van der Waals surface area contributed by atoms with Gasteiger partial charge in [-0.25, -0.2) is 0 Å². The maximum atomic E-state index is 13.1. The Labute approximate surface area is 162 Å². The fourth-order valence-electron chi connectivity index (χ4n) is 3.40. The Kier molecular flexibility index (Phi) is 4.31. The van der Waals surface area contributed by atoms with Gasteiger partial charge in [0.05, 0.1) is 17.4 Å². The van der Waals surface area contributed by atoms with Gasteiger partial charge in [-0.1, -0.05) is 29.8 Å². The SMILES string of the molecule is Cc1ccc(N(CN2C(=O)c3ccccc3C2=O)C(=O)c2ccco2)c(C)c1. The van der Waals surface area contributed by atoms with E-state index in [1.807, 2.05) is 32.0 Å². The van der Waals surface area contributed by atoms with Crippen molar-refractivity contribution in [2.75, 3.05) is 11.6 Å². The van der Waals surface area contributed by atoms with Crippen LogP contribution in [0, 0.1) is 13.8 Å². The van der Waals surface area contributed by atoms with Gasteiger partial charge in [0.1, 0.15) is 6.67 Å². The van der Waals surface area contributed by atoms with Gasteiger partial charge in [0.15, 0.2) is 5.76 Å². The van der Waals surface area contributed by atoms with Crippen molar-refractivity contribution < 1.29 is 18.8 Å². The minimum atomic E-state index is -0.423. The number of aryl methyl sites for hydroxylation is 2. The first-order valence-electron chi connectivity index (χ1n) is 8.85. The van der Waals surface area contributed by atoms with Gasteiger partial charge in [-0.15, -0.1) is 0 Å². The first kappa shape index (κ1) is 17.7. The molecule has 0 spiro atoms. The van der Waals surface area contributed by atoms with Crippen molar-refractivity contribution in [3.63, 3.8) is 0 Å². The molecular formula is C22H18N2O4. The van der Waals surface area contributed by atoms with Crippen molar-refractivity contribution >= 4 is 23.4 Å².